The lowest BCUT2D eigenvalue weighted by molar-refractivity contribution is 0.0444. The zero-order valence-corrected chi connectivity index (χ0v) is 12.2. The Bertz CT molecular complexity index is 532. The molecule has 1 atom stereocenters. The SMILES string of the molecule is CC1(O)CCCN(Cc2ccc(F)cc2/C(N)=N/O)CC1. The van der Waals surface area contributed by atoms with Crippen LogP contribution in [0.5, 0.6) is 0 Å². The molecule has 116 valence electrons. The smallest absolute Gasteiger partial charge is 0.170 e. The van der Waals surface area contributed by atoms with Crippen LogP contribution in [0.2, 0.25) is 0 Å². The number of likely N-dealkylation sites (tertiary alicyclic amines) is 1. The highest BCUT2D eigenvalue weighted by Crippen LogP contribution is 2.23. The number of hydrogen-bond acceptors (Lipinski definition) is 4. The van der Waals surface area contributed by atoms with E-state index in [4.69, 9.17) is 10.9 Å². The molecule has 1 heterocycles. The third kappa shape index (κ3) is 4.15. The topological polar surface area (TPSA) is 82.1 Å². The molecule has 0 saturated carbocycles. The van der Waals surface area contributed by atoms with Crippen LogP contribution in [0.1, 0.15) is 37.3 Å². The van der Waals surface area contributed by atoms with Gasteiger partial charge in [-0.2, -0.15) is 0 Å². The van der Waals surface area contributed by atoms with E-state index in [2.05, 4.69) is 10.1 Å². The first-order valence-corrected chi connectivity index (χ1v) is 7.12. The van der Waals surface area contributed by atoms with E-state index < -0.39 is 11.4 Å². The summed E-state index contributed by atoms with van der Waals surface area (Å²) in [5.41, 5.74) is 6.22. The van der Waals surface area contributed by atoms with Gasteiger partial charge in [-0.15, -0.1) is 0 Å². The van der Waals surface area contributed by atoms with Crippen molar-refractivity contribution >= 4 is 5.84 Å². The molecule has 0 amide bonds. The van der Waals surface area contributed by atoms with Crippen molar-refractivity contribution in [3.05, 3.63) is 35.1 Å². The first kappa shape index (κ1) is 15.7. The molecule has 6 heteroatoms. The van der Waals surface area contributed by atoms with Gasteiger partial charge in [-0.05, 0) is 50.4 Å². The Labute approximate surface area is 123 Å². The highest BCUT2D eigenvalue weighted by Gasteiger charge is 2.25. The molecule has 1 aromatic carbocycles. The fraction of sp³-hybridized carbons (Fsp3) is 0.533. The van der Waals surface area contributed by atoms with Crippen LogP contribution in [0.3, 0.4) is 0 Å². The van der Waals surface area contributed by atoms with Crippen molar-refractivity contribution in [1.29, 1.82) is 0 Å². The summed E-state index contributed by atoms with van der Waals surface area (Å²) in [6.45, 7) is 4.07. The fourth-order valence-electron chi connectivity index (χ4n) is 2.70. The molecule has 21 heavy (non-hydrogen) atoms. The van der Waals surface area contributed by atoms with Gasteiger partial charge in [-0.25, -0.2) is 4.39 Å². The highest BCUT2D eigenvalue weighted by atomic mass is 19.1. The van der Waals surface area contributed by atoms with Crippen LogP contribution in [0.25, 0.3) is 0 Å². The summed E-state index contributed by atoms with van der Waals surface area (Å²) in [6, 6.07) is 4.31. The normalized spacial score (nSPS) is 24.8. The van der Waals surface area contributed by atoms with Gasteiger partial charge < -0.3 is 16.0 Å². The molecule has 0 spiro atoms. The Kier molecular flexibility index (Phi) is 4.80. The number of rotatable bonds is 3. The first-order chi connectivity index (χ1) is 9.91. The molecule has 0 aromatic heterocycles. The molecular formula is C15H22FN3O2. The summed E-state index contributed by atoms with van der Waals surface area (Å²) in [4.78, 5) is 2.20. The molecule has 1 aliphatic rings. The fourth-order valence-corrected chi connectivity index (χ4v) is 2.70. The van der Waals surface area contributed by atoms with Crippen molar-refractivity contribution in [2.45, 2.75) is 38.3 Å². The Morgan fingerprint density at radius 1 is 1.43 bits per heavy atom. The van der Waals surface area contributed by atoms with Gasteiger partial charge >= 0.3 is 0 Å². The van der Waals surface area contributed by atoms with Gasteiger partial charge in [-0.1, -0.05) is 11.2 Å². The lowest BCUT2D eigenvalue weighted by Crippen LogP contribution is -2.29. The van der Waals surface area contributed by atoms with E-state index in [9.17, 15) is 9.50 Å². The van der Waals surface area contributed by atoms with Crippen LogP contribution in [0.4, 0.5) is 4.39 Å². The molecule has 0 bridgehead atoms. The summed E-state index contributed by atoms with van der Waals surface area (Å²) in [5, 5.41) is 21.9. The molecule has 5 nitrogen and oxygen atoms in total. The highest BCUT2D eigenvalue weighted by molar-refractivity contribution is 5.98. The molecular weight excluding hydrogens is 273 g/mol. The van der Waals surface area contributed by atoms with Crippen LogP contribution < -0.4 is 5.73 Å². The van der Waals surface area contributed by atoms with E-state index in [1.54, 1.807) is 6.07 Å². The molecule has 4 N–H and O–H groups in total. The van der Waals surface area contributed by atoms with Gasteiger partial charge in [0.2, 0.25) is 0 Å². The minimum Gasteiger partial charge on any atom is -0.409 e. The van der Waals surface area contributed by atoms with Crippen LogP contribution in [0.15, 0.2) is 23.4 Å². The monoisotopic (exact) mass is 295 g/mol. The Morgan fingerprint density at radius 3 is 2.90 bits per heavy atom. The lowest BCUT2D eigenvalue weighted by atomic mass is 9.98. The van der Waals surface area contributed by atoms with Gasteiger partial charge in [0.05, 0.1) is 5.60 Å². The second-order valence-corrected chi connectivity index (χ2v) is 5.91. The quantitative estimate of drug-likeness (QED) is 0.343. The van der Waals surface area contributed by atoms with Gasteiger partial charge in [0.25, 0.3) is 0 Å². The van der Waals surface area contributed by atoms with E-state index in [0.717, 1.165) is 31.5 Å². The van der Waals surface area contributed by atoms with E-state index in [0.29, 0.717) is 18.5 Å². The lowest BCUT2D eigenvalue weighted by Gasteiger charge is -2.23. The van der Waals surface area contributed by atoms with Crippen molar-refractivity contribution in [2.24, 2.45) is 10.9 Å². The standard InChI is InChI=1S/C15H22FN3O2/c1-15(20)5-2-7-19(8-6-15)10-11-3-4-12(16)9-13(11)14(17)18-21/h3-4,9,20-21H,2,5-8,10H2,1H3,(H2,17,18). The number of amidine groups is 1. The zero-order valence-electron chi connectivity index (χ0n) is 12.2. The van der Waals surface area contributed by atoms with Gasteiger partial charge in [0.15, 0.2) is 5.84 Å². The number of oxime groups is 1. The minimum absolute atomic E-state index is 0.0914. The summed E-state index contributed by atoms with van der Waals surface area (Å²) < 4.78 is 13.4. The number of hydrogen-bond donors (Lipinski definition) is 3. The predicted octanol–water partition coefficient (Wildman–Crippen LogP) is 1.66. The third-order valence-electron chi connectivity index (χ3n) is 4.01. The second-order valence-electron chi connectivity index (χ2n) is 5.91. The number of aliphatic hydroxyl groups is 1. The molecule has 0 radical (unpaired) electrons. The largest absolute Gasteiger partial charge is 0.409 e. The van der Waals surface area contributed by atoms with Gasteiger partial charge in [0, 0.05) is 18.7 Å². The van der Waals surface area contributed by atoms with Gasteiger partial charge in [-0.3, -0.25) is 4.90 Å². The van der Waals surface area contributed by atoms with E-state index in [1.807, 2.05) is 6.92 Å². The maximum absolute atomic E-state index is 13.4. The summed E-state index contributed by atoms with van der Waals surface area (Å²) >= 11 is 0. The van der Waals surface area contributed by atoms with E-state index >= 15 is 0 Å². The van der Waals surface area contributed by atoms with Crippen molar-refractivity contribution in [3.8, 4) is 0 Å². The van der Waals surface area contributed by atoms with Crippen molar-refractivity contribution < 1.29 is 14.7 Å². The summed E-state index contributed by atoms with van der Waals surface area (Å²) in [5.74, 6) is -0.509. The predicted molar refractivity (Wildman–Crippen MR) is 78.7 cm³/mol. The molecule has 1 aromatic rings. The number of nitrogens with zero attached hydrogens (tertiary/aromatic N) is 2. The van der Waals surface area contributed by atoms with E-state index in [-0.39, 0.29) is 5.84 Å². The Hall–Kier alpha value is -1.66. The Balaban J connectivity index is 2.16. The van der Waals surface area contributed by atoms with Crippen LogP contribution in [-0.4, -0.2) is 39.7 Å². The molecule has 2 rings (SSSR count). The number of halogens is 1. The average Bonchev–Trinajstić information content (AvgIpc) is 2.61. The van der Waals surface area contributed by atoms with Gasteiger partial charge in [0.1, 0.15) is 5.82 Å². The summed E-state index contributed by atoms with van der Waals surface area (Å²) in [6.07, 6.45) is 2.39. The maximum Gasteiger partial charge on any atom is 0.170 e. The Morgan fingerprint density at radius 2 is 2.19 bits per heavy atom. The third-order valence-corrected chi connectivity index (χ3v) is 4.01. The average molecular weight is 295 g/mol. The van der Waals surface area contributed by atoms with Crippen molar-refractivity contribution in [1.82, 2.24) is 4.90 Å². The minimum atomic E-state index is -0.619. The van der Waals surface area contributed by atoms with E-state index in [1.165, 1.54) is 12.1 Å². The summed E-state index contributed by atoms with van der Waals surface area (Å²) in [7, 11) is 0. The molecule has 1 fully saturated rings. The molecule has 1 unspecified atom stereocenters. The van der Waals surface area contributed by atoms with Crippen molar-refractivity contribution in [3.63, 3.8) is 0 Å². The second kappa shape index (κ2) is 6.41. The molecule has 1 aliphatic heterocycles. The van der Waals surface area contributed by atoms with Crippen molar-refractivity contribution in [2.75, 3.05) is 13.1 Å². The van der Waals surface area contributed by atoms with Crippen LogP contribution >= 0.6 is 0 Å². The van der Waals surface area contributed by atoms with Crippen LogP contribution in [0, 0.1) is 5.82 Å². The van der Waals surface area contributed by atoms with Crippen LogP contribution in [-0.2, 0) is 6.54 Å². The number of nitrogens with two attached hydrogens (primary N) is 1. The maximum atomic E-state index is 13.4. The zero-order chi connectivity index (χ0) is 15.5. The first-order valence-electron chi connectivity index (χ1n) is 7.12. The molecule has 0 aliphatic carbocycles. The number of benzene rings is 1. The molecule has 1 saturated heterocycles.